The molecule has 1 aromatic rings. The number of likely N-dealkylation sites (N-methyl/N-ethyl adjacent to an activating group) is 1. The number of benzene rings is 1. The van der Waals surface area contributed by atoms with Crippen molar-refractivity contribution in [2.75, 3.05) is 20.1 Å². The second-order valence-electron chi connectivity index (χ2n) is 7.59. The van der Waals surface area contributed by atoms with Crippen molar-refractivity contribution < 1.29 is 14.3 Å². The molecule has 1 fully saturated rings. The Hall–Kier alpha value is -1.82. The summed E-state index contributed by atoms with van der Waals surface area (Å²) >= 11 is 3.44. The van der Waals surface area contributed by atoms with Crippen LogP contribution >= 0.6 is 15.9 Å². The Bertz CT molecular complexity index is 682. The molecule has 26 heavy (non-hydrogen) atoms. The fraction of sp³-hybridized carbons (Fsp3) is 0.500. The maximum atomic E-state index is 12.3. The monoisotopic (exact) mass is 422 g/mol. The zero-order valence-corrected chi connectivity index (χ0v) is 17.5. The Labute approximate surface area is 164 Å². The van der Waals surface area contributed by atoms with Crippen LogP contribution in [0, 0.1) is 0 Å². The number of aldehydes is 1. The van der Waals surface area contributed by atoms with Gasteiger partial charge in [-0.25, -0.2) is 4.79 Å². The lowest BCUT2D eigenvalue weighted by Gasteiger charge is -2.37. The van der Waals surface area contributed by atoms with E-state index in [9.17, 15) is 9.59 Å². The molecule has 1 aliphatic rings. The molecule has 1 aliphatic heterocycles. The first-order valence-corrected chi connectivity index (χ1v) is 9.61. The fourth-order valence-corrected chi connectivity index (χ4v) is 3.28. The fourth-order valence-electron chi connectivity index (χ4n) is 2.90. The minimum atomic E-state index is -0.484. The summed E-state index contributed by atoms with van der Waals surface area (Å²) < 4.78 is 6.41. The van der Waals surface area contributed by atoms with Crippen molar-refractivity contribution in [3.05, 3.63) is 40.0 Å². The third-order valence-electron chi connectivity index (χ3n) is 4.29. The Morgan fingerprint density at radius 3 is 2.73 bits per heavy atom. The van der Waals surface area contributed by atoms with Crippen LogP contribution in [0.25, 0.3) is 6.08 Å². The predicted octanol–water partition coefficient (Wildman–Crippen LogP) is 4.56. The average Bonchev–Trinajstić information content (AvgIpc) is 2.58. The highest BCUT2D eigenvalue weighted by Crippen LogP contribution is 2.20. The van der Waals surface area contributed by atoms with Crippen molar-refractivity contribution >= 4 is 34.4 Å². The van der Waals surface area contributed by atoms with Crippen molar-refractivity contribution in [3.8, 4) is 0 Å². The summed E-state index contributed by atoms with van der Waals surface area (Å²) in [5, 5.41) is 0. The molecule has 142 valence electrons. The van der Waals surface area contributed by atoms with Crippen LogP contribution in [-0.4, -0.2) is 54.0 Å². The van der Waals surface area contributed by atoms with E-state index in [1.807, 2.05) is 52.2 Å². The molecule has 0 N–H and O–H groups in total. The first-order valence-electron chi connectivity index (χ1n) is 8.82. The molecule has 1 heterocycles. The average molecular weight is 423 g/mol. The highest BCUT2D eigenvalue weighted by molar-refractivity contribution is 9.10. The summed E-state index contributed by atoms with van der Waals surface area (Å²) in [6, 6.07) is 5.79. The van der Waals surface area contributed by atoms with Gasteiger partial charge in [0, 0.05) is 36.2 Å². The lowest BCUT2D eigenvalue weighted by Crippen LogP contribution is -2.48. The molecule has 0 aromatic heterocycles. The Kier molecular flexibility index (Phi) is 6.87. The number of likely N-dealkylation sites (tertiary alicyclic amines) is 1. The van der Waals surface area contributed by atoms with Gasteiger partial charge in [0.15, 0.2) is 6.29 Å². The molecule has 1 saturated heterocycles. The van der Waals surface area contributed by atoms with E-state index in [1.165, 1.54) is 0 Å². The standard InChI is InChI=1S/C20H27BrN2O3/c1-20(2,3)26-19(25)23-10-5-6-18(13-23)22(4)11-9-15-12-17(21)8-7-16(15)14-24/h7-9,11-12,14,18H,5-6,10,13H2,1-4H3/b11-9-. The van der Waals surface area contributed by atoms with Crippen LogP contribution in [0.5, 0.6) is 0 Å². The zero-order valence-electron chi connectivity index (χ0n) is 15.9. The Morgan fingerprint density at radius 1 is 1.35 bits per heavy atom. The minimum Gasteiger partial charge on any atom is -0.444 e. The van der Waals surface area contributed by atoms with Gasteiger partial charge < -0.3 is 14.5 Å². The van der Waals surface area contributed by atoms with Crippen LogP contribution in [0.4, 0.5) is 4.79 Å². The molecular weight excluding hydrogens is 396 g/mol. The molecule has 5 nitrogen and oxygen atoms in total. The lowest BCUT2D eigenvalue weighted by atomic mass is 10.0. The molecule has 0 radical (unpaired) electrons. The van der Waals surface area contributed by atoms with E-state index in [2.05, 4.69) is 20.8 Å². The summed E-state index contributed by atoms with van der Waals surface area (Å²) in [4.78, 5) is 27.4. The highest BCUT2D eigenvalue weighted by Gasteiger charge is 2.28. The Balaban J connectivity index is 2.03. The van der Waals surface area contributed by atoms with E-state index in [0.29, 0.717) is 12.1 Å². The number of ether oxygens (including phenoxy) is 1. The second-order valence-corrected chi connectivity index (χ2v) is 8.51. The smallest absolute Gasteiger partial charge is 0.410 e. The van der Waals surface area contributed by atoms with Crippen molar-refractivity contribution in [1.29, 1.82) is 0 Å². The zero-order chi connectivity index (χ0) is 19.3. The number of nitrogens with zero attached hydrogens (tertiary/aromatic N) is 2. The number of piperidine rings is 1. The van der Waals surface area contributed by atoms with Crippen LogP contribution in [-0.2, 0) is 4.74 Å². The SMILES string of the molecule is CN(/C=C\c1cc(Br)ccc1C=O)C1CCCN(C(=O)OC(C)(C)C)C1. The molecule has 1 atom stereocenters. The number of rotatable bonds is 4. The van der Waals surface area contributed by atoms with E-state index < -0.39 is 5.60 Å². The maximum Gasteiger partial charge on any atom is 0.410 e. The molecule has 1 amide bonds. The summed E-state index contributed by atoms with van der Waals surface area (Å²) in [5.41, 5.74) is 1.03. The number of hydrogen-bond donors (Lipinski definition) is 0. The molecule has 1 aromatic carbocycles. The molecule has 0 spiro atoms. The number of carbonyl (C=O) groups is 2. The number of hydrogen-bond acceptors (Lipinski definition) is 4. The van der Waals surface area contributed by atoms with E-state index in [-0.39, 0.29) is 12.1 Å². The van der Waals surface area contributed by atoms with Gasteiger partial charge >= 0.3 is 6.09 Å². The van der Waals surface area contributed by atoms with Gasteiger partial charge in [-0.3, -0.25) is 4.79 Å². The summed E-state index contributed by atoms with van der Waals surface area (Å²) in [6.45, 7) is 7.00. The van der Waals surface area contributed by atoms with Crippen LogP contribution in [0.3, 0.4) is 0 Å². The van der Waals surface area contributed by atoms with Crippen LogP contribution in [0.2, 0.25) is 0 Å². The molecule has 2 rings (SSSR count). The van der Waals surface area contributed by atoms with Gasteiger partial charge in [0.25, 0.3) is 0 Å². The quantitative estimate of drug-likeness (QED) is 0.667. The van der Waals surface area contributed by atoms with Gasteiger partial charge in [-0.2, -0.15) is 0 Å². The van der Waals surface area contributed by atoms with Crippen molar-refractivity contribution in [3.63, 3.8) is 0 Å². The normalized spacial score (nSPS) is 18.0. The molecular formula is C20H27BrN2O3. The lowest BCUT2D eigenvalue weighted by molar-refractivity contribution is 0.0151. The Morgan fingerprint density at radius 2 is 2.08 bits per heavy atom. The summed E-state index contributed by atoms with van der Waals surface area (Å²) in [7, 11) is 2.00. The van der Waals surface area contributed by atoms with Crippen molar-refractivity contribution in [1.82, 2.24) is 9.80 Å². The molecule has 0 bridgehead atoms. The van der Waals surface area contributed by atoms with Crippen LogP contribution < -0.4 is 0 Å². The second kappa shape index (κ2) is 8.71. The van der Waals surface area contributed by atoms with E-state index in [1.54, 1.807) is 11.0 Å². The maximum absolute atomic E-state index is 12.3. The van der Waals surface area contributed by atoms with E-state index >= 15 is 0 Å². The summed E-state index contributed by atoms with van der Waals surface area (Å²) in [6.07, 6.45) is 6.46. The molecule has 6 heteroatoms. The largest absolute Gasteiger partial charge is 0.444 e. The van der Waals surface area contributed by atoms with Crippen molar-refractivity contribution in [2.24, 2.45) is 0 Å². The third-order valence-corrected chi connectivity index (χ3v) is 4.78. The van der Waals surface area contributed by atoms with E-state index in [0.717, 1.165) is 35.7 Å². The van der Waals surface area contributed by atoms with Gasteiger partial charge in [-0.15, -0.1) is 0 Å². The van der Waals surface area contributed by atoms with Gasteiger partial charge in [-0.1, -0.05) is 15.9 Å². The van der Waals surface area contributed by atoms with E-state index in [4.69, 9.17) is 4.74 Å². The van der Waals surface area contributed by atoms with Crippen LogP contribution in [0.1, 0.15) is 49.5 Å². The first kappa shape index (κ1) is 20.5. The topological polar surface area (TPSA) is 49.9 Å². The van der Waals surface area contributed by atoms with Gasteiger partial charge in [0.2, 0.25) is 0 Å². The highest BCUT2D eigenvalue weighted by atomic mass is 79.9. The number of halogens is 1. The molecule has 1 unspecified atom stereocenters. The van der Waals surface area contributed by atoms with Gasteiger partial charge in [-0.05, 0) is 69.7 Å². The number of carbonyl (C=O) groups excluding carboxylic acids is 2. The van der Waals surface area contributed by atoms with Crippen molar-refractivity contribution in [2.45, 2.75) is 45.3 Å². The molecule has 0 aliphatic carbocycles. The molecule has 0 saturated carbocycles. The summed E-state index contributed by atoms with van der Waals surface area (Å²) in [5.74, 6) is 0. The number of amides is 1. The predicted molar refractivity (Wildman–Crippen MR) is 107 cm³/mol. The minimum absolute atomic E-state index is 0.222. The van der Waals surface area contributed by atoms with Crippen LogP contribution in [0.15, 0.2) is 28.9 Å². The van der Waals surface area contributed by atoms with Gasteiger partial charge in [0.1, 0.15) is 5.60 Å². The first-order chi connectivity index (χ1) is 12.2. The third kappa shape index (κ3) is 5.87. The van der Waals surface area contributed by atoms with Gasteiger partial charge in [0.05, 0.1) is 0 Å².